The summed E-state index contributed by atoms with van der Waals surface area (Å²) in [5.41, 5.74) is 0.813. The van der Waals surface area contributed by atoms with Crippen molar-refractivity contribution in [3.05, 3.63) is 15.6 Å². The molecular formula is C17H23N3O3S. The highest BCUT2D eigenvalue weighted by molar-refractivity contribution is 7.13. The second-order valence-corrected chi connectivity index (χ2v) is 7.83. The molecule has 0 aromatic carbocycles. The lowest BCUT2D eigenvalue weighted by atomic mass is 9.96. The Labute approximate surface area is 145 Å². The summed E-state index contributed by atoms with van der Waals surface area (Å²) in [6.07, 6.45) is 2.07. The maximum atomic E-state index is 12.6. The number of carbonyl (C=O) groups excluding carboxylic acids is 3. The van der Waals surface area contributed by atoms with E-state index in [9.17, 15) is 14.4 Å². The van der Waals surface area contributed by atoms with Crippen molar-refractivity contribution in [2.45, 2.75) is 39.0 Å². The van der Waals surface area contributed by atoms with Gasteiger partial charge in [-0.1, -0.05) is 0 Å². The molecule has 2 amide bonds. The number of rotatable bonds is 3. The maximum Gasteiger partial charge on any atom is 0.227 e. The van der Waals surface area contributed by atoms with Crippen LogP contribution in [0.5, 0.6) is 0 Å². The molecule has 3 rings (SSSR count). The van der Waals surface area contributed by atoms with Crippen molar-refractivity contribution in [1.29, 1.82) is 0 Å². The molecule has 0 spiro atoms. The van der Waals surface area contributed by atoms with Gasteiger partial charge in [-0.2, -0.15) is 0 Å². The monoisotopic (exact) mass is 349 g/mol. The summed E-state index contributed by atoms with van der Waals surface area (Å²) in [6, 6.07) is 0. The topological polar surface area (TPSA) is 70.6 Å². The van der Waals surface area contributed by atoms with Crippen LogP contribution in [0.3, 0.4) is 0 Å². The lowest BCUT2D eigenvalue weighted by Crippen LogP contribution is -2.42. The first-order chi connectivity index (χ1) is 11.4. The van der Waals surface area contributed by atoms with E-state index in [2.05, 4.69) is 4.98 Å². The quantitative estimate of drug-likeness (QED) is 0.781. The predicted molar refractivity (Wildman–Crippen MR) is 91.2 cm³/mol. The molecule has 0 aliphatic carbocycles. The second-order valence-electron chi connectivity index (χ2n) is 6.80. The summed E-state index contributed by atoms with van der Waals surface area (Å²) in [5, 5.41) is 1.01. The third-order valence-electron chi connectivity index (χ3n) is 4.98. The van der Waals surface area contributed by atoms with Crippen molar-refractivity contribution in [3.63, 3.8) is 0 Å². The minimum absolute atomic E-state index is 0.0539. The molecule has 2 aliphatic rings. The average Bonchev–Trinajstić information content (AvgIpc) is 3.10. The molecule has 2 saturated heterocycles. The number of piperidine rings is 1. The van der Waals surface area contributed by atoms with Crippen LogP contribution in [-0.4, -0.2) is 59.1 Å². The van der Waals surface area contributed by atoms with E-state index in [0.29, 0.717) is 32.0 Å². The number of ketones is 1. The van der Waals surface area contributed by atoms with Crippen molar-refractivity contribution in [2.24, 2.45) is 5.92 Å². The average molecular weight is 349 g/mol. The van der Waals surface area contributed by atoms with Gasteiger partial charge in [0.05, 0.1) is 21.5 Å². The fraction of sp³-hybridized carbons (Fsp3) is 0.647. The summed E-state index contributed by atoms with van der Waals surface area (Å²) in [4.78, 5) is 44.6. The third-order valence-corrected chi connectivity index (χ3v) is 6.40. The number of hydrogen-bond acceptors (Lipinski definition) is 5. The van der Waals surface area contributed by atoms with Crippen LogP contribution in [0.4, 0.5) is 0 Å². The molecule has 0 saturated carbocycles. The van der Waals surface area contributed by atoms with Crippen LogP contribution < -0.4 is 0 Å². The largest absolute Gasteiger partial charge is 0.345 e. The van der Waals surface area contributed by atoms with E-state index in [4.69, 9.17) is 0 Å². The van der Waals surface area contributed by atoms with E-state index in [1.165, 1.54) is 11.3 Å². The normalized spacial score (nSPS) is 22.3. The number of amides is 2. The smallest absolute Gasteiger partial charge is 0.227 e. The fourth-order valence-electron chi connectivity index (χ4n) is 3.55. The van der Waals surface area contributed by atoms with Gasteiger partial charge >= 0.3 is 0 Å². The molecule has 7 heteroatoms. The van der Waals surface area contributed by atoms with Crippen LogP contribution >= 0.6 is 11.3 Å². The van der Waals surface area contributed by atoms with Crippen molar-refractivity contribution < 1.29 is 14.4 Å². The van der Waals surface area contributed by atoms with Crippen molar-refractivity contribution in [3.8, 4) is 0 Å². The summed E-state index contributed by atoms with van der Waals surface area (Å²) in [5.74, 6) is 0.354. The molecule has 1 aromatic rings. The zero-order valence-corrected chi connectivity index (χ0v) is 15.2. The van der Waals surface area contributed by atoms with Gasteiger partial charge in [0.2, 0.25) is 11.8 Å². The first-order valence-corrected chi connectivity index (χ1v) is 9.19. The Morgan fingerprint density at radius 1 is 1.25 bits per heavy atom. The predicted octanol–water partition coefficient (Wildman–Crippen LogP) is 1.84. The van der Waals surface area contributed by atoms with E-state index >= 15 is 0 Å². The summed E-state index contributed by atoms with van der Waals surface area (Å²) in [7, 11) is 1.75. The molecule has 2 fully saturated rings. The highest BCUT2D eigenvalue weighted by Gasteiger charge is 2.36. The molecule has 0 radical (unpaired) electrons. The Morgan fingerprint density at radius 3 is 2.42 bits per heavy atom. The zero-order valence-electron chi connectivity index (χ0n) is 14.4. The van der Waals surface area contributed by atoms with E-state index < -0.39 is 0 Å². The molecule has 130 valence electrons. The number of aromatic nitrogens is 1. The number of Topliss-reactive ketones (excluding diaryl/α,β-unsaturated/α-hetero) is 1. The highest BCUT2D eigenvalue weighted by Crippen LogP contribution is 2.33. The van der Waals surface area contributed by atoms with E-state index in [1.54, 1.807) is 18.9 Å². The molecule has 24 heavy (non-hydrogen) atoms. The van der Waals surface area contributed by atoms with Gasteiger partial charge in [0.15, 0.2) is 5.78 Å². The Bertz CT molecular complexity index is 677. The van der Waals surface area contributed by atoms with Crippen LogP contribution in [0.2, 0.25) is 0 Å². The lowest BCUT2D eigenvalue weighted by molar-refractivity contribution is -0.136. The van der Waals surface area contributed by atoms with Gasteiger partial charge in [0.1, 0.15) is 0 Å². The number of likely N-dealkylation sites (tertiary alicyclic amines) is 2. The second kappa shape index (κ2) is 6.63. The molecular weight excluding hydrogens is 326 g/mol. The van der Waals surface area contributed by atoms with E-state index in [1.807, 2.05) is 11.8 Å². The number of carbonyl (C=O) groups is 3. The molecule has 1 aromatic heterocycles. The number of aryl methyl sites for hydroxylation is 1. The van der Waals surface area contributed by atoms with E-state index in [0.717, 1.165) is 28.4 Å². The Kier molecular flexibility index (Phi) is 4.71. The molecule has 2 aliphatic heterocycles. The Morgan fingerprint density at radius 2 is 1.92 bits per heavy atom. The van der Waals surface area contributed by atoms with Crippen LogP contribution in [0.15, 0.2) is 0 Å². The van der Waals surface area contributed by atoms with Gasteiger partial charge in [-0.25, -0.2) is 4.98 Å². The van der Waals surface area contributed by atoms with Gasteiger partial charge < -0.3 is 9.80 Å². The van der Waals surface area contributed by atoms with Crippen LogP contribution in [-0.2, 0) is 9.59 Å². The first-order valence-electron chi connectivity index (χ1n) is 8.37. The number of thiazole rings is 1. The fourth-order valence-corrected chi connectivity index (χ4v) is 4.68. The molecule has 3 heterocycles. The standard InChI is InChI=1S/C17H23N3O3S/c1-10-15(11(2)21)24-16(18-10)12-4-6-20(7-5-12)17(23)13-8-14(22)19(3)9-13/h12-13H,4-9H2,1-3H3. The number of nitrogens with zero attached hydrogens (tertiary/aromatic N) is 3. The molecule has 6 nitrogen and oxygen atoms in total. The van der Waals surface area contributed by atoms with Gasteiger partial charge in [0, 0.05) is 45.9 Å². The molecule has 0 N–H and O–H groups in total. The highest BCUT2D eigenvalue weighted by atomic mass is 32.1. The molecule has 1 unspecified atom stereocenters. The summed E-state index contributed by atoms with van der Waals surface area (Å²) in [6.45, 7) is 5.39. The minimum atomic E-state index is -0.189. The van der Waals surface area contributed by atoms with Crippen molar-refractivity contribution in [2.75, 3.05) is 26.7 Å². The Hall–Kier alpha value is -1.76. The van der Waals surface area contributed by atoms with Gasteiger partial charge in [0.25, 0.3) is 0 Å². The van der Waals surface area contributed by atoms with Crippen molar-refractivity contribution in [1.82, 2.24) is 14.8 Å². The summed E-state index contributed by atoms with van der Waals surface area (Å²) < 4.78 is 0. The molecule has 0 bridgehead atoms. The van der Waals surface area contributed by atoms with Gasteiger partial charge in [-0.15, -0.1) is 11.3 Å². The zero-order chi connectivity index (χ0) is 17.4. The lowest BCUT2D eigenvalue weighted by Gasteiger charge is -2.32. The molecule has 1 atom stereocenters. The number of hydrogen-bond donors (Lipinski definition) is 0. The van der Waals surface area contributed by atoms with E-state index in [-0.39, 0.29) is 23.5 Å². The van der Waals surface area contributed by atoms with Gasteiger partial charge in [-0.05, 0) is 19.8 Å². The van der Waals surface area contributed by atoms with Crippen LogP contribution in [0.1, 0.15) is 52.5 Å². The minimum Gasteiger partial charge on any atom is -0.345 e. The van der Waals surface area contributed by atoms with Crippen LogP contribution in [0, 0.1) is 12.8 Å². The summed E-state index contributed by atoms with van der Waals surface area (Å²) >= 11 is 1.49. The van der Waals surface area contributed by atoms with Crippen LogP contribution in [0.25, 0.3) is 0 Å². The Balaban J connectivity index is 1.60. The first kappa shape index (κ1) is 17.1. The third kappa shape index (κ3) is 3.22. The van der Waals surface area contributed by atoms with Crippen molar-refractivity contribution >= 4 is 28.9 Å². The maximum absolute atomic E-state index is 12.6. The SMILES string of the molecule is CC(=O)c1sc(C2CCN(C(=O)C3CC(=O)N(C)C3)CC2)nc1C. The van der Waals surface area contributed by atoms with Gasteiger partial charge in [-0.3, -0.25) is 14.4 Å².